The molecular formula is C19H25N3O2S. The average molecular weight is 359 g/mol. The SMILES string of the molecule is CC1CCC(N(C(=O)CCc2nc(-c3cccs3)no2)C2CC2)CC1. The third kappa shape index (κ3) is 3.94. The molecule has 2 aliphatic rings. The summed E-state index contributed by atoms with van der Waals surface area (Å²) in [6.07, 6.45) is 8.14. The number of aryl methyl sites for hydroxylation is 1. The van der Waals surface area contributed by atoms with Crippen molar-refractivity contribution in [2.45, 2.75) is 70.4 Å². The van der Waals surface area contributed by atoms with Gasteiger partial charge in [-0.2, -0.15) is 4.98 Å². The summed E-state index contributed by atoms with van der Waals surface area (Å²) in [5, 5.41) is 6.02. The number of amides is 1. The fourth-order valence-corrected chi connectivity index (χ4v) is 4.43. The Morgan fingerprint density at radius 3 is 2.60 bits per heavy atom. The van der Waals surface area contributed by atoms with E-state index in [1.165, 1.54) is 25.7 Å². The van der Waals surface area contributed by atoms with Crippen LogP contribution < -0.4 is 0 Å². The summed E-state index contributed by atoms with van der Waals surface area (Å²) in [7, 11) is 0. The van der Waals surface area contributed by atoms with Crippen LogP contribution in [-0.4, -0.2) is 33.0 Å². The van der Waals surface area contributed by atoms with Crippen LogP contribution >= 0.6 is 11.3 Å². The van der Waals surface area contributed by atoms with Crippen LogP contribution in [0.4, 0.5) is 0 Å². The molecule has 0 aliphatic heterocycles. The third-order valence-corrected chi connectivity index (χ3v) is 6.24. The summed E-state index contributed by atoms with van der Waals surface area (Å²) >= 11 is 1.59. The molecule has 4 rings (SSSR count). The lowest BCUT2D eigenvalue weighted by molar-refractivity contribution is -0.135. The third-order valence-electron chi connectivity index (χ3n) is 5.37. The highest BCUT2D eigenvalue weighted by Gasteiger charge is 2.38. The number of carbonyl (C=O) groups excluding carboxylic acids is 1. The Hall–Kier alpha value is -1.69. The molecule has 25 heavy (non-hydrogen) atoms. The average Bonchev–Trinajstić information content (AvgIpc) is 3.12. The number of hydrogen-bond acceptors (Lipinski definition) is 5. The van der Waals surface area contributed by atoms with Gasteiger partial charge in [0.05, 0.1) is 4.88 Å². The van der Waals surface area contributed by atoms with Crippen molar-refractivity contribution >= 4 is 17.2 Å². The molecule has 0 radical (unpaired) electrons. The van der Waals surface area contributed by atoms with Crippen molar-refractivity contribution in [2.75, 3.05) is 0 Å². The van der Waals surface area contributed by atoms with Crippen LogP contribution in [0.3, 0.4) is 0 Å². The van der Waals surface area contributed by atoms with Gasteiger partial charge in [0.2, 0.25) is 17.6 Å². The Bertz CT molecular complexity index is 700. The number of nitrogens with zero attached hydrogens (tertiary/aromatic N) is 3. The smallest absolute Gasteiger partial charge is 0.227 e. The first-order chi connectivity index (χ1) is 12.2. The predicted octanol–water partition coefficient (Wildman–Crippen LogP) is 4.30. The molecule has 0 bridgehead atoms. The highest BCUT2D eigenvalue weighted by Crippen LogP contribution is 2.35. The number of hydrogen-bond donors (Lipinski definition) is 0. The Labute approximate surface area is 152 Å². The van der Waals surface area contributed by atoms with Crippen molar-refractivity contribution in [3.8, 4) is 10.7 Å². The van der Waals surface area contributed by atoms with E-state index in [2.05, 4.69) is 22.0 Å². The summed E-state index contributed by atoms with van der Waals surface area (Å²) in [5.74, 6) is 2.25. The van der Waals surface area contributed by atoms with Crippen molar-refractivity contribution in [2.24, 2.45) is 5.92 Å². The first kappa shape index (κ1) is 16.8. The predicted molar refractivity (Wildman–Crippen MR) is 97.2 cm³/mol. The molecule has 5 nitrogen and oxygen atoms in total. The molecule has 2 fully saturated rings. The number of rotatable bonds is 6. The Morgan fingerprint density at radius 2 is 1.96 bits per heavy atom. The van der Waals surface area contributed by atoms with E-state index in [0.29, 0.717) is 36.6 Å². The second-order valence-electron chi connectivity index (χ2n) is 7.43. The summed E-state index contributed by atoms with van der Waals surface area (Å²) in [5.41, 5.74) is 0. The molecule has 0 spiro atoms. The van der Waals surface area contributed by atoms with E-state index in [1.54, 1.807) is 11.3 Å². The van der Waals surface area contributed by atoms with Crippen LogP contribution in [0.1, 0.15) is 57.8 Å². The lowest BCUT2D eigenvalue weighted by atomic mass is 9.86. The van der Waals surface area contributed by atoms with Gasteiger partial charge in [0.1, 0.15) is 0 Å². The highest BCUT2D eigenvalue weighted by molar-refractivity contribution is 7.13. The summed E-state index contributed by atoms with van der Waals surface area (Å²) in [6.45, 7) is 2.32. The Morgan fingerprint density at radius 1 is 1.24 bits per heavy atom. The normalized spacial score (nSPS) is 23.6. The van der Waals surface area contributed by atoms with Crippen LogP contribution in [0.5, 0.6) is 0 Å². The largest absolute Gasteiger partial charge is 0.339 e. The zero-order valence-electron chi connectivity index (χ0n) is 14.7. The molecule has 0 aromatic carbocycles. The van der Waals surface area contributed by atoms with Gasteiger partial charge in [-0.3, -0.25) is 4.79 Å². The number of carbonyl (C=O) groups is 1. The standard InChI is InChI=1S/C19H25N3O2S/c1-13-4-6-14(7-5-13)22(15-8-9-15)18(23)11-10-17-20-19(21-24-17)16-3-2-12-25-16/h2-3,12-15H,4-11H2,1H3. The number of aromatic nitrogens is 2. The van der Waals surface area contributed by atoms with Gasteiger partial charge in [-0.25, -0.2) is 0 Å². The molecular weight excluding hydrogens is 334 g/mol. The maximum absolute atomic E-state index is 12.9. The zero-order chi connectivity index (χ0) is 17.2. The maximum Gasteiger partial charge on any atom is 0.227 e. The van der Waals surface area contributed by atoms with Gasteiger partial charge >= 0.3 is 0 Å². The van der Waals surface area contributed by atoms with E-state index in [1.807, 2.05) is 17.5 Å². The first-order valence-corrected chi connectivity index (χ1v) is 10.3. The molecule has 6 heteroatoms. The quantitative estimate of drug-likeness (QED) is 0.771. The van der Waals surface area contributed by atoms with Gasteiger partial charge in [-0.05, 0) is 55.9 Å². The van der Waals surface area contributed by atoms with E-state index < -0.39 is 0 Å². The second-order valence-corrected chi connectivity index (χ2v) is 8.38. The summed E-state index contributed by atoms with van der Waals surface area (Å²) in [6, 6.07) is 4.87. The Kier molecular flexibility index (Phi) is 4.88. The molecule has 2 aromatic rings. The lowest BCUT2D eigenvalue weighted by Gasteiger charge is -2.36. The van der Waals surface area contributed by atoms with E-state index in [-0.39, 0.29) is 5.91 Å². The zero-order valence-corrected chi connectivity index (χ0v) is 15.5. The van der Waals surface area contributed by atoms with Crippen LogP contribution in [0, 0.1) is 5.92 Å². The van der Waals surface area contributed by atoms with Crippen LogP contribution in [0.25, 0.3) is 10.7 Å². The molecule has 0 unspecified atom stereocenters. The molecule has 134 valence electrons. The fraction of sp³-hybridized carbons (Fsp3) is 0.632. The molecule has 2 aromatic heterocycles. The van der Waals surface area contributed by atoms with Crippen molar-refractivity contribution in [3.05, 3.63) is 23.4 Å². The minimum absolute atomic E-state index is 0.262. The second kappa shape index (κ2) is 7.28. The van der Waals surface area contributed by atoms with Gasteiger partial charge < -0.3 is 9.42 Å². The van der Waals surface area contributed by atoms with E-state index in [9.17, 15) is 4.79 Å². The van der Waals surface area contributed by atoms with Crippen LogP contribution in [0.15, 0.2) is 22.0 Å². The van der Waals surface area contributed by atoms with Crippen LogP contribution in [-0.2, 0) is 11.2 Å². The molecule has 2 aliphatic carbocycles. The van der Waals surface area contributed by atoms with Crippen molar-refractivity contribution < 1.29 is 9.32 Å². The van der Waals surface area contributed by atoms with E-state index in [0.717, 1.165) is 23.6 Å². The van der Waals surface area contributed by atoms with Gasteiger partial charge in [0.25, 0.3) is 0 Å². The van der Waals surface area contributed by atoms with Crippen molar-refractivity contribution in [1.29, 1.82) is 0 Å². The summed E-state index contributed by atoms with van der Waals surface area (Å²) in [4.78, 5) is 20.5. The van der Waals surface area contributed by atoms with Gasteiger partial charge in [0.15, 0.2) is 0 Å². The fourth-order valence-electron chi connectivity index (χ4n) is 3.78. The van der Waals surface area contributed by atoms with E-state index >= 15 is 0 Å². The van der Waals surface area contributed by atoms with Gasteiger partial charge in [0, 0.05) is 24.9 Å². The van der Waals surface area contributed by atoms with Crippen LogP contribution in [0.2, 0.25) is 0 Å². The molecule has 2 saturated carbocycles. The maximum atomic E-state index is 12.9. The Balaban J connectivity index is 1.35. The van der Waals surface area contributed by atoms with Crippen molar-refractivity contribution in [3.63, 3.8) is 0 Å². The molecule has 2 heterocycles. The minimum Gasteiger partial charge on any atom is -0.339 e. The van der Waals surface area contributed by atoms with Gasteiger partial charge in [-0.15, -0.1) is 11.3 Å². The minimum atomic E-state index is 0.262. The lowest BCUT2D eigenvalue weighted by Crippen LogP contribution is -2.43. The molecule has 0 N–H and O–H groups in total. The van der Waals surface area contributed by atoms with Crippen molar-refractivity contribution in [1.82, 2.24) is 15.0 Å². The monoisotopic (exact) mass is 359 g/mol. The highest BCUT2D eigenvalue weighted by atomic mass is 32.1. The first-order valence-electron chi connectivity index (χ1n) is 9.38. The van der Waals surface area contributed by atoms with Gasteiger partial charge in [-0.1, -0.05) is 18.1 Å². The summed E-state index contributed by atoms with van der Waals surface area (Å²) < 4.78 is 5.33. The molecule has 0 atom stereocenters. The number of thiophene rings is 1. The molecule has 0 saturated heterocycles. The van der Waals surface area contributed by atoms with E-state index in [4.69, 9.17) is 4.52 Å². The molecule has 1 amide bonds. The topological polar surface area (TPSA) is 59.2 Å².